The summed E-state index contributed by atoms with van der Waals surface area (Å²) in [6.07, 6.45) is 0. The first-order chi connectivity index (χ1) is 8.09. The van der Waals surface area contributed by atoms with E-state index in [0.717, 1.165) is 31.0 Å². The third-order valence-electron chi connectivity index (χ3n) is 3.56. The zero-order chi connectivity index (χ0) is 12.4. The van der Waals surface area contributed by atoms with Crippen molar-refractivity contribution in [1.29, 1.82) is 0 Å². The molecule has 0 bridgehead atoms. The van der Waals surface area contributed by atoms with Crippen LogP contribution < -0.4 is 10.2 Å². The average molecular weight is 233 g/mol. The number of hydrogen-bond donors (Lipinski definition) is 1. The lowest BCUT2D eigenvalue weighted by atomic mass is 9.99. The Morgan fingerprint density at radius 3 is 2.76 bits per heavy atom. The molecule has 1 fully saturated rings. The number of piperazine rings is 1. The lowest BCUT2D eigenvalue weighted by molar-refractivity contribution is 0.390. The van der Waals surface area contributed by atoms with E-state index in [-0.39, 0.29) is 0 Å². The van der Waals surface area contributed by atoms with Gasteiger partial charge in [0.1, 0.15) is 0 Å². The Labute approximate surface area is 104 Å². The minimum absolute atomic E-state index is 0.576. The third-order valence-corrected chi connectivity index (χ3v) is 3.56. The fourth-order valence-electron chi connectivity index (χ4n) is 2.60. The summed E-state index contributed by atoms with van der Waals surface area (Å²) >= 11 is 0. The van der Waals surface area contributed by atoms with Gasteiger partial charge in [-0.15, -0.1) is 0 Å². The van der Waals surface area contributed by atoms with Crippen LogP contribution in [0.2, 0.25) is 0 Å². The fourth-order valence-corrected chi connectivity index (χ4v) is 2.60. The Morgan fingerprint density at radius 2 is 2.12 bits per heavy atom. The number of rotatable bonds is 2. The van der Waals surface area contributed by atoms with Crippen LogP contribution in [-0.4, -0.2) is 30.7 Å². The van der Waals surface area contributed by atoms with Gasteiger partial charge in [0.2, 0.25) is 0 Å². The number of anilines is 1. The van der Waals surface area contributed by atoms with Crippen molar-refractivity contribution in [1.82, 2.24) is 10.3 Å². The standard InChI is InChI=1S/C14H23N3/c1-10(2)14-9-15-7-8-17(14)13-6-5-11(3)16-12(13)4/h5-6,10,14-15H,7-9H2,1-4H3. The molecule has 0 spiro atoms. The summed E-state index contributed by atoms with van der Waals surface area (Å²) in [7, 11) is 0. The number of nitrogens with zero attached hydrogens (tertiary/aromatic N) is 2. The molecule has 1 saturated heterocycles. The predicted molar refractivity (Wildman–Crippen MR) is 72.6 cm³/mol. The summed E-state index contributed by atoms with van der Waals surface area (Å²) in [6.45, 7) is 12.0. The zero-order valence-electron chi connectivity index (χ0n) is 11.3. The molecule has 1 aromatic heterocycles. The van der Waals surface area contributed by atoms with Gasteiger partial charge in [-0.05, 0) is 31.9 Å². The molecule has 94 valence electrons. The first-order valence-corrected chi connectivity index (χ1v) is 6.51. The lowest BCUT2D eigenvalue weighted by Crippen LogP contribution is -2.54. The molecule has 17 heavy (non-hydrogen) atoms. The van der Waals surface area contributed by atoms with Crippen LogP contribution in [0.15, 0.2) is 12.1 Å². The maximum absolute atomic E-state index is 4.58. The summed E-state index contributed by atoms with van der Waals surface area (Å²) in [5.74, 6) is 0.656. The SMILES string of the molecule is Cc1ccc(N2CCNCC2C(C)C)c(C)n1. The Bertz CT molecular complexity index is 387. The molecule has 0 amide bonds. The quantitative estimate of drug-likeness (QED) is 0.848. The van der Waals surface area contributed by atoms with Gasteiger partial charge in [0.25, 0.3) is 0 Å². The molecule has 1 N–H and O–H groups in total. The highest BCUT2D eigenvalue weighted by Crippen LogP contribution is 2.24. The Morgan fingerprint density at radius 1 is 1.35 bits per heavy atom. The zero-order valence-corrected chi connectivity index (χ0v) is 11.3. The van der Waals surface area contributed by atoms with E-state index in [1.54, 1.807) is 0 Å². The van der Waals surface area contributed by atoms with E-state index in [1.165, 1.54) is 5.69 Å². The van der Waals surface area contributed by atoms with Gasteiger partial charge in [-0.25, -0.2) is 0 Å². The molecule has 0 aromatic carbocycles. The van der Waals surface area contributed by atoms with Crippen LogP contribution in [0.5, 0.6) is 0 Å². The van der Waals surface area contributed by atoms with Crippen molar-refractivity contribution in [3.63, 3.8) is 0 Å². The topological polar surface area (TPSA) is 28.2 Å². The highest BCUT2D eigenvalue weighted by molar-refractivity contribution is 5.52. The van der Waals surface area contributed by atoms with Gasteiger partial charge in [-0.3, -0.25) is 4.98 Å². The van der Waals surface area contributed by atoms with E-state index in [2.05, 4.69) is 55.0 Å². The van der Waals surface area contributed by atoms with Crippen molar-refractivity contribution in [3.8, 4) is 0 Å². The predicted octanol–water partition coefficient (Wildman–Crippen LogP) is 2.13. The average Bonchev–Trinajstić information content (AvgIpc) is 2.29. The van der Waals surface area contributed by atoms with Crippen molar-refractivity contribution >= 4 is 5.69 Å². The van der Waals surface area contributed by atoms with E-state index in [4.69, 9.17) is 0 Å². The Kier molecular flexibility index (Phi) is 3.67. The lowest BCUT2D eigenvalue weighted by Gasteiger charge is -2.40. The Balaban J connectivity index is 2.29. The molecule has 3 nitrogen and oxygen atoms in total. The van der Waals surface area contributed by atoms with Gasteiger partial charge < -0.3 is 10.2 Å². The van der Waals surface area contributed by atoms with E-state index >= 15 is 0 Å². The van der Waals surface area contributed by atoms with Crippen LogP contribution in [0, 0.1) is 19.8 Å². The molecule has 1 aliphatic heterocycles. The molecule has 2 heterocycles. The van der Waals surface area contributed by atoms with Gasteiger partial charge in [-0.2, -0.15) is 0 Å². The van der Waals surface area contributed by atoms with Crippen LogP contribution in [0.4, 0.5) is 5.69 Å². The van der Waals surface area contributed by atoms with Crippen LogP contribution >= 0.6 is 0 Å². The van der Waals surface area contributed by atoms with Crippen LogP contribution in [0.25, 0.3) is 0 Å². The number of nitrogens with one attached hydrogen (secondary N) is 1. The largest absolute Gasteiger partial charge is 0.364 e. The smallest absolute Gasteiger partial charge is 0.0609 e. The van der Waals surface area contributed by atoms with Crippen molar-refractivity contribution in [2.24, 2.45) is 5.92 Å². The van der Waals surface area contributed by atoms with E-state index < -0.39 is 0 Å². The van der Waals surface area contributed by atoms with Crippen molar-refractivity contribution in [3.05, 3.63) is 23.5 Å². The molecule has 1 aliphatic rings. The van der Waals surface area contributed by atoms with Gasteiger partial charge in [-0.1, -0.05) is 13.8 Å². The van der Waals surface area contributed by atoms with Gasteiger partial charge in [0, 0.05) is 31.4 Å². The van der Waals surface area contributed by atoms with Crippen molar-refractivity contribution in [2.75, 3.05) is 24.5 Å². The summed E-state index contributed by atoms with van der Waals surface area (Å²) in [6, 6.07) is 4.91. The molecule has 1 atom stereocenters. The van der Waals surface area contributed by atoms with Gasteiger partial charge >= 0.3 is 0 Å². The number of hydrogen-bond acceptors (Lipinski definition) is 3. The molecule has 3 heteroatoms. The number of aryl methyl sites for hydroxylation is 2. The monoisotopic (exact) mass is 233 g/mol. The van der Waals surface area contributed by atoms with E-state index in [0.29, 0.717) is 12.0 Å². The summed E-state index contributed by atoms with van der Waals surface area (Å²) in [5, 5.41) is 3.48. The first kappa shape index (κ1) is 12.4. The molecule has 1 unspecified atom stereocenters. The van der Waals surface area contributed by atoms with Gasteiger partial charge in [0.05, 0.1) is 11.4 Å². The fraction of sp³-hybridized carbons (Fsp3) is 0.643. The molecule has 0 aliphatic carbocycles. The second kappa shape index (κ2) is 5.05. The molecule has 2 rings (SSSR count). The second-order valence-electron chi connectivity index (χ2n) is 5.27. The summed E-state index contributed by atoms with van der Waals surface area (Å²) in [5.41, 5.74) is 3.55. The van der Waals surface area contributed by atoms with E-state index in [9.17, 15) is 0 Å². The molecular weight excluding hydrogens is 210 g/mol. The van der Waals surface area contributed by atoms with Crippen molar-refractivity contribution < 1.29 is 0 Å². The highest BCUT2D eigenvalue weighted by Gasteiger charge is 2.26. The van der Waals surface area contributed by atoms with Crippen LogP contribution in [0.3, 0.4) is 0 Å². The minimum Gasteiger partial charge on any atom is -0.364 e. The molecule has 0 radical (unpaired) electrons. The van der Waals surface area contributed by atoms with Crippen LogP contribution in [0.1, 0.15) is 25.2 Å². The van der Waals surface area contributed by atoms with Crippen molar-refractivity contribution in [2.45, 2.75) is 33.7 Å². The second-order valence-corrected chi connectivity index (χ2v) is 5.27. The Hall–Kier alpha value is -1.09. The molecule has 1 aromatic rings. The molecular formula is C14H23N3. The molecule has 0 saturated carbocycles. The third kappa shape index (κ3) is 2.60. The maximum Gasteiger partial charge on any atom is 0.0609 e. The number of pyridine rings is 1. The summed E-state index contributed by atoms with van der Waals surface area (Å²) in [4.78, 5) is 7.10. The van der Waals surface area contributed by atoms with E-state index in [1.807, 2.05) is 0 Å². The normalized spacial score (nSPS) is 21.0. The summed E-state index contributed by atoms with van der Waals surface area (Å²) < 4.78 is 0. The van der Waals surface area contributed by atoms with Crippen LogP contribution in [-0.2, 0) is 0 Å². The highest BCUT2D eigenvalue weighted by atomic mass is 15.2. The number of aromatic nitrogens is 1. The first-order valence-electron chi connectivity index (χ1n) is 6.51. The maximum atomic E-state index is 4.58. The minimum atomic E-state index is 0.576. The van der Waals surface area contributed by atoms with Gasteiger partial charge in [0.15, 0.2) is 0 Å².